The van der Waals surface area contributed by atoms with Gasteiger partial charge in [-0.1, -0.05) is 12.1 Å². The van der Waals surface area contributed by atoms with Gasteiger partial charge in [-0.3, -0.25) is 9.59 Å². The Balaban J connectivity index is 1.60. The van der Waals surface area contributed by atoms with Crippen molar-refractivity contribution in [1.82, 2.24) is 4.90 Å². The smallest absolute Gasteiger partial charge is 0.295 e. The number of carbonyl (C=O) groups is 2. The van der Waals surface area contributed by atoms with Crippen molar-refractivity contribution in [3.05, 3.63) is 65.0 Å². The molecule has 2 atom stereocenters. The van der Waals surface area contributed by atoms with Crippen LogP contribution in [0.25, 0.3) is 5.76 Å². The molecule has 0 bridgehead atoms. The number of aliphatic hydroxyl groups excluding tert-OH is 1. The van der Waals surface area contributed by atoms with Crippen molar-refractivity contribution < 1.29 is 33.3 Å². The number of fused-ring (bicyclic) bond motifs is 1. The summed E-state index contributed by atoms with van der Waals surface area (Å²) in [6, 6.07) is 9.57. The predicted molar refractivity (Wildman–Crippen MR) is 112 cm³/mol. The summed E-state index contributed by atoms with van der Waals surface area (Å²) in [7, 11) is 0. The Kier molecular flexibility index (Phi) is 5.30. The first kappa shape index (κ1) is 20.5. The second-order valence-electron chi connectivity index (χ2n) is 8.00. The van der Waals surface area contributed by atoms with Gasteiger partial charge in [0.1, 0.15) is 24.8 Å². The fraction of sp³-hybridized carbons (Fsp3) is 0.333. The van der Waals surface area contributed by atoms with Crippen molar-refractivity contribution in [2.75, 3.05) is 26.4 Å². The number of Topliss-reactive ketones (excluding diaryl/α,β-unsaturated/α-hetero) is 1. The Bertz CT molecular complexity index is 1090. The van der Waals surface area contributed by atoms with E-state index in [4.69, 9.17) is 14.2 Å². The van der Waals surface area contributed by atoms with Gasteiger partial charge in [-0.25, -0.2) is 4.39 Å². The lowest BCUT2D eigenvalue weighted by molar-refractivity contribution is -0.140. The van der Waals surface area contributed by atoms with E-state index in [1.807, 2.05) is 0 Å². The van der Waals surface area contributed by atoms with Crippen LogP contribution < -0.4 is 9.47 Å². The van der Waals surface area contributed by atoms with Crippen LogP contribution in [0.15, 0.2) is 48.0 Å². The van der Waals surface area contributed by atoms with Gasteiger partial charge in [0.25, 0.3) is 11.7 Å². The number of carbonyl (C=O) groups excluding carboxylic acids is 2. The number of benzene rings is 2. The maximum atomic E-state index is 13.6. The van der Waals surface area contributed by atoms with Crippen molar-refractivity contribution in [3.63, 3.8) is 0 Å². The molecule has 3 aliphatic rings. The van der Waals surface area contributed by atoms with Gasteiger partial charge in [-0.05, 0) is 48.7 Å². The Hall–Kier alpha value is -3.39. The zero-order chi connectivity index (χ0) is 22.2. The fourth-order valence-electron chi connectivity index (χ4n) is 4.41. The van der Waals surface area contributed by atoms with Gasteiger partial charge in [0.05, 0.1) is 17.7 Å². The number of ketones is 1. The Labute approximate surface area is 184 Å². The second kappa shape index (κ2) is 8.27. The molecule has 3 aliphatic heterocycles. The zero-order valence-electron chi connectivity index (χ0n) is 17.3. The molecule has 8 heteroatoms. The van der Waals surface area contributed by atoms with E-state index in [2.05, 4.69) is 0 Å². The van der Waals surface area contributed by atoms with Gasteiger partial charge in [0.2, 0.25) is 0 Å². The van der Waals surface area contributed by atoms with Crippen molar-refractivity contribution in [2.45, 2.75) is 25.0 Å². The van der Waals surface area contributed by atoms with Crippen LogP contribution in [-0.4, -0.2) is 54.2 Å². The van der Waals surface area contributed by atoms with E-state index < -0.39 is 23.5 Å². The monoisotopic (exact) mass is 439 g/mol. The molecule has 1 N–H and O–H groups in total. The summed E-state index contributed by atoms with van der Waals surface area (Å²) >= 11 is 0. The number of halogens is 1. The summed E-state index contributed by atoms with van der Waals surface area (Å²) in [6.07, 6.45) is 1.47. The Morgan fingerprint density at radius 2 is 1.78 bits per heavy atom. The van der Waals surface area contributed by atoms with E-state index in [1.54, 1.807) is 18.2 Å². The van der Waals surface area contributed by atoms with Crippen molar-refractivity contribution in [1.29, 1.82) is 0 Å². The highest BCUT2D eigenvalue weighted by Crippen LogP contribution is 2.41. The molecule has 0 saturated carbocycles. The lowest BCUT2D eigenvalue weighted by Crippen LogP contribution is -2.36. The molecule has 2 aromatic carbocycles. The third-order valence-electron chi connectivity index (χ3n) is 5.97. The molecule has 0 spiro atoms. The summed E-state index contributed by atoms with van der Waals surface area (Å²) in [6.45, 7) is 1.62. The molecule has 2 aromatic rings. The van der Waals surface area contributed by atoms with E-state index in [1.165, 1.54) is 29.2 Å². The SMILES string of the molecule is O=C1C(=O)N(CC2CCCO2)C(c2ccc(F)cc2)C1=C(O)c1ccc2c(c1)OCCO2. The van der Waals surface area contributed by atoms with E-state index in [9.17, 15) is 19.1 Å². The largest absolute Gasteiger partial charge is 0.507 e. The van der Waals surface area contributed by atoms with E-state index in [0.717, 1.165) is 12.8 Å². The van der Waals surface area contributed by atoms with Crippen molar-refractivity contribution in [3.8, 4) is 11.5 Å². The lowest BCUT2D eigenvalue weighted by atomic mass is 9.95. The minimum absolute atomic E-state index is 0.0451. The molecular weight excluding hydrogens is 417 g/mol. The normalized spacial score (nSPS) is 24.2. The first-order valence-corrected chi connectivity index (χ1v) is 10.6. The fourth-order valence-corrected chi connectivity index (χ4v) is 4.41. The third kappa shape index (κ3) is 3.60. The number of amides is 1. The number of likely N-dealkylation sites (tertiary alicyclic amines) is 1. The van der Waals surface area contributed by atoms with Crippen LogP contribution in [0.1, 0.15) is 30.0 Å². The van der Waals surface area contributed by atoms with Crippen LogP contribution in [0.3, 0.4) is 0 Å². The minimum Gasteiger partial charge on any atom is -0.507 e. The van der Waals surface area contributed by atoms with Crippen LogP contribution in [0.5, 0.6) is 11.5 Å². The summed E-state index contributed by atoms with van der Waals surface area (Å²) < 4.78 is 30.3. The molecule has 0 radical (unpaired) electrons. The highest BCUT2D eigenvalue weighted by molar-refractivity contribution is 6.46. The molecule has 7 nitrogen and oxygen atoms in total. The lowest BCUT2D eigenvalue weighted by Gasteiger charge is -2.27. The Morgan fingerprint density at radius 1 is 1.03 bits per heavy atom. The summed E-state index contributed by atoms with van der Waals surface area (Å²) in [4.78, 5) is 27.5. The Morgan fingerprint density at radius 3 is 2.50 bits per heavy atom. The molecule has 32 heavy (non-hydrogen) atoms. The standard InChI is InChI=1S/C24H22FNO6/c25-16-6-3-14(4-7-16)21-20(23(28)24(29)26(21)13-17-2-1-9-30-17)22(27)15-5-8-18-19(12-15)32-11-10-31-18/h3-8,12,17,21,27H,1-2,9-11,13H2. The maximum Gasteiger partial charge on any atom is 0.295 e. The zero-order valence-corrected chi connectivity index (χ0v) is 17.3. The number of hydrogen-bond donors (Lipinski definition) is 1. The number of rotatable bonds is 4. The first-order valence-electron chi connectivity index (χ1n) is 10.6. The van der Waals surface area contributed by atoms with E-state index in [-0.39, 0.29) is 24.0 Å². The van der Waals surface area contributed by atoms with Crippen LogP contribution in [-0.2, 0) is 14.3 Å². The maximum absolute atomic E-state index is 13.6. The van der Waals surface area contributed by atoms with Gasteiger partial charge < -0.3 is 24.2 Å². The first-order chi connectivity index (χ1) is 15.5. The minimum atomic E-state index is -0.854. The molecule has 2 unspecified atom stereocenters. The van der Waals surface area contributed by atoms with Crippen LogP contribution in [0.4, 0.5) is 4.39 Å². The highest BCUT2D eigenvalue weighted by Gasteiger charge is 2.47. The topological polar surface area (TPSA) is 85.3 Å². The van der Waals surface area contributed by atoms with Gasteiger partial charge in [-0.2, -0.15) is 0 Å². The van der Waals surface area contributed by atoms with Crippen LogP contribution in [0.2, 0.25) is 0 Å². The summed E-state index contributed by atoms with van der Waals surface area (Å²) in [5.74, 6) is -1.26. The second-order valence-corrected chi connectivity index (χ2v) is 8.00. The number of aliphatic hydroxyl groups is 1. The molecule has 2 fully saturated rings. The number of ether oxygens (including phenoxy) is 3. The molecule has 5 rings (SSSR count). The number of nitrogens with zero attached hydrogens (tertiary/aromatic N) is 1. The molecule has 0 aromatic heterocycles. The summed E-state index contributed by atoms with van der Waals surface area (Å²) in [5, 5.41) is 11.2. The molecule has 166 valence electrons. The third-order valence-corrected chi connectivity index (χ3v) is 5.97. The quantitative estimate of drug-likeness (QED) is 0.448. The molecule has 3 heterocycles. The molecule has 2 saturated heterocycles. The average Bonchev–Trinajstić information content (AvgIpc) is 3.41. The van der Waals surface area contributed by atoms with Gasteiger partial charge in [0.15, 0.2) is 11.5 Å². The van der Waals surface area contributed by atoms with Crippen molar-refractivity contribution in [2.24, 2.45) is 0 Å². The van der Waals surface area contributed by atoms with Crippen LogP contribution in [0, 0.1) is 5.82 Å². The highest BCUT2D eigenvalue weighted by atomic mass is 19.1. The molecule has 1 amide bonds. The van der Waals surface area contributed by atoms with Gasteiger partial charge in [0, 0.05) is 18.7 Å². The van der Waals surface area contributed by atoms with Crippen LogP contribution >= 0.6 is 0 Å². The summed E-state index contributed by atoms with van der Waals surface area (Å²) in [5.41, 5.74) is 0.815. The van der Waals surface area contributed by atoms with E-state index >= 15 is 0 Å². The van der Waals surface area contributed by atoms with Gasteiger partial charge >= 0.3 is 0 Å². The van der Waals surface area contributed by atoms with Crippen molar-refractivity contribution >= 4 is 17.4 Å². The molecule has 0 aliphatic carbocycles. The van der Waals surface area contributed by atoms with E-state index in [0.29, 0.717) is 42.4 Å². The molecular formula is C24H22FNO6. The number of hydrogen-bond acceptors (Lipinski definition) is 6. The average molecular weight is 439 g/mol. The van der Waals surface area contributed by atoms with Gasteiger partial charge in [-0.15, -0.1) is 0 Å². The predicted octanol–water partition coefficient (Wildman–Crippen LogP) is 3.20.